The summed E-state index contributed by atoms with van der Waals surface area (Å²) in [5.74, 6) is 5.09. The topological polar surface area (TPSA) is 56.7 Å². The molecule has 0 aromatic carbocycles. The zero-order valence-electron chi connectivity index (χ0n) is 10.3. The maximum absolute atomic E-state index is 6.12. The molecule has 0 aliphatic heterocycles. The quantitative estimate of drug-likeness (QED) is 0.805. The second kappa shape index (κ2) is 3.24. The van der Waals surface area contributed by atoms with E-state index in [1.807, 2.05) is 7.05 Å². The molecule has 5 rings (SSSR count). The molecule has 92 valence electrons. The highest BCUT2D eigenvalue weighted by Crippen LogP contribution is 2.59. The van der Waals surface area contributed by atoms with Crippen molar-refractivity contribution in [2.45, 2.75) is 38.0 Å². The summed E-state index contributed by atoms with van der Waals surface area (Å²) in [5, 5.41) is 8.44. The van der Waals surface area contributed by atoms with Crippen LogP contribution in [0, 0.1) is 23.7 Å². The molecule has 4 heteroatoms. The van der Waals surface area contributed by atoms with Gasteiger partial charge in [-0.05, 0) is 55.8 Å². The second-order valence-corrected chi connectivity index (χ2v) is 6.44. The van der Waals surface area contributed by atoms with Crippen molar-refractivity contribution in [1.29, 1.82) is 0 Å². The first-order chi connectivity index (χ1) is 8.22. The summed E-state index contributed by atoms with van der Waals surface area (Å²) in [6.07, 6.45) is 7.14. The highest BCUT2D eigenvalue weighted by molar-refractivity contribution is 5.38. The third-order valence-electron chi connectivity index (χ3n) is 5.44. The molecule has 1 heterocycles. The number of hydrogen-bond acceptors (Lipinski definition) is 3. The first-order valence-electron chi connectivity index (χ1n) is 6.87. The van der Waals surface area contributed by atoms with Crippen molar-refractivity contribution in [2.24, 2.45) is 30.7 Å². The van der Waals surface area contributed by atoms with Gasteiger partial charge in [-0.2, -0.15) is 0 Å². The van der Waals surface area contributed by atoms with E-state index in [-0.39, 0.29) is 0 Å². The Bertz CT molecular complexity index is 422. The highest BCUT2D eigenvalue weighted by atomic mass is 15.4. The molecule has 4 aliphatic carbocycles. The van der Waals surface area contributed by atoms with Gasteiger partial charge >= 0.3 is 0 Å². The van der Waals surface area contributed by atoms with Crippen molar-refractivity contribution < 1.29 is 0 Å². The average molecular weight is 232 g/mol. The minimum atomic E-state index is 0.608. The third kappa shape index (κ3) is 1.30. The van der Waals surface area contributed by atoms with Gasteiger partial charge in [0, 0.05) is 13.0 Å². The van der Waals surface area contributed by atoms with Gasteiger partial charge in [0.2, 0.25) is 0 Å². The number of rotatable bonds is 1. The van der Waals surface area contributed by atoms with Crippen molar-refractivity contribution in [3.63, 3.8) is 0 Å². The smallest absolute Gasteiger partial charge is 0.145 e. The van der Waals surface area contributed by atoms with Crippen molar-refractivity contribution >= 4 is 5.82 Å². The molecule has 1 aromatic rings. The summed E-state index contributed by atoms with van der Waals surface area (Å²) in [4.78, 5) is 0. The Morgan fingerprint density at radius 3 is 2.12 bits per heavy atom. The second-order valence-electron chi connectivity index (χ2n) is 6.44. The molecular weight excluding hydrogens is 212 g/mol. The Kier molecular flexibility index (Phi) is 1.89. The molecule has 2 N–H and O–H groups in total. The Hall–Kier alpha value is -1.06. The van der Waals surface area contributed by atoms with Gasteiger partial charge in [0.15, 0.2) is 0 Å². The molecule has 0 atom stereocenters. The van der Waals surface area contributed by atoms with Crippen LogP contribution in [0.15, 0.2) is 0 Å². The first-order valence-corrected chi connectivity index (χ1v) is 6.87. The van der Waals surface area contributed by atoms with Crippen LogP contribution < -0.4 is 5.73 Å². The summed E-state index contributed by atoms with van der Waals surface area (Å²) in [6.45, 7) is 0. The van der Waals surface area contributed by atoms with Crippen LogP contribution in [0.2, 0.25) is 0 Å². The summed E-state index contributed by atoms with van der Waals surface area (Å²) < 4.78 is 1.72. The first kappa shape index (κ1) is 9.92. The van der Waals surface area contributed by atoms with Crippen molar-refractivity contribution in [1.82, 2.24) is 15.0 Å². The average Bonchev–Trinajstić information content (AvgIpc) is 2.60. The Morgan fingerprint density at radius 1 is 1.06 bits per heavy atom. The van der Waals surface area contributed by atoms with Crippen molar-refractivity contribution in [2.75, 3.05) is 5.73 Å². The maximum atomic E-state index is 6.12. The van der Waals surface area contributed by atoms with Gasteiger partial charge < -0.3 is 5.73 Å². The van der Waals surface area contributed by atoms with E-state index in [2.05, 4.69) is 10.3 Å². The van der Waals surface area contributed by atoms with Crippen molar-refractivity contribution in [3.8, 4) is 0 Å². The number of anilines is 1. The van der Waals surface area contributed by atoms with E-state index in [9.17, 15) is 0 Å². The lowest BCUT2D eigenvalue weighted by atomic mass is 9.51. The fourth-order valence-corrected chi connectivity index (χ4v) is 4.99. The van der Waals surface area contributed by atoms with Gasteiger partial charge in [-0.3, -0.25) is 0 Å². The molecule has 0 radical (unpaired) electrons. The lowest BCUT2D eigenvalue weighted by Gasteiger charge is -2.54. The molecule has 4 saturated carbocycles. The number of nitrogens with zero attached hydrogens (tertiary/aromatic N) is 3. The van der Waals surface area contributed by atoms with Gasteiger partial charge in [0.05, 0.1) is 0 Å². The van der Waals surface area contributed by atoms with E-state index in [4.69, 9.17) is 5.73 Å². The lowest BCUT2D eigenvalue weighted by Crippen LogP contribution is -2.44. The van der Waals surface area contributed by atoms with Crippen LogP contribution in [0.1, 0.15) is 43.7 Å². The lowest BCUT2D eigenvalue weighted by molar-refractivity contribution is -0.00394. The molecule has 4 bridgehead atoms. The van der Waals surface area contributed by atoms with E-state index in [1.165, 1.54) is 32.1 Å². The van der Waals surface area contributed by atoms with Gasteiger partial charge in [-0.25, -0.2) is 4.68 Å². The monoisotopic (exact) mass is 232 g/mol. The van der Waals surface area contributed by atoms with E-state index in [0.29, 0.717) is 5.92 Å². The van der Waals surface area contributed by atoms with Gasteiger partial charge in [0.25, 0.3) is 0 Å². The number of hydrogen-bond donors (Lipinski definition) is 1. The Balaban J connectivity index is 1.73. The van der Waals surface area contributed by atoms with E-state index < -0.39 is 0 Å². The highest BCUT2D eigenvalue weighted by Gasteiger charge is 2.50. The van der Waals surface area contributed by atoms with Crippen LogP contribution >= 0.6 is 0 Å². The molecule has 17 heavy (non-hydrogen) atoms. The molecule has 4 aliphatic rings. The predicted molar refractivity (Wildman–Crippen MR) is 65.2 cm³/mol. The van der Waals surface area contributed by atoms with Crippen LogP contribution in [-0.2, 0) is 7.05 Å². The predicted octanol–water partition coefficient (Wildman–Crippen LogP) is 1.94. The molecule has 0 amide bonds. The molecule has 4 fully saturated rings. The molecule has 1 aromatic heterocycles. The molecular formula is C13H20N4. The summed E-state index contributed by atoms with van der Waals surface area (Å²) in [7, 11) is 1.89. The number of nitrogen functional groups attached to an aromatic ring is 1. The Morgan fingerprint density at radius 2 is 1.65 bits per heavy atom. The van der Waals surface area contributed by atoms with Gasteiger partial charge in [-0.15, -0.1) is 5.10 Å². The third-order valence-corrected chi connectivity index (χ3v) is 5.44. The fraction of sp³-hybridized carbons (Fsp3) is 0.846. The number of aryl methyl sites for hydroxylation is 1. The molecule has 0 unspecified atom stereocenters. The van der Waals surface area contributed by atoms with Crippen LogP contribution in [0.3, 0.4) is 0 Å². The van der Waals surface area contributed by atoms with Crippen LogP contribution in [0.4, 0.5) is 5.82 Å². The van der Waals surface area contributed by atoms with E-state index in [1.54, 1.807) is 4.68 Å². The van der Waals surface area contributed by atoms with Crippen LogP contribution in [0.5, 0.6) is 0 Å². The largest absolute Gasteiger partial charge is 0.382 e. The standard InChI is InChI=1S/C13H20N4/c1-17-13(14)12(15-16-17)11-9-3-7-2-8(5-9)6-10(11)4-7/h7-11H,2-6,14H2,1H3. The molecule has 0 spiro atoms. The summed E-state index contributed by atoms with van der Waals surface area (Å²) in [6, 6.07) is 0. The number of nitrogens with two attached hydrogens (primary N) is 1. The minimum Gasteiger partial charge on any atom is -0.382 e. The summed E-state index contributed by atoms with van der Waals surface area (Å²) in [5.41, 5.74) is 7.22. The van der Waals surface area contributed by atoms with E-state index in [0.717, 1.165) is 35.2 Å². The van der Waals surface area contributed by atoms with Gasteiger partial charge in [-0.1, -0.05) is 5.21 Å². The molecule has 4 nitrogen and oxygen atoms in total. The number of aromatic nitrogens is 3. The minimum absolute atomic E-state index is 0.608. The maximum Gasteiger partial charge on any atom is 0.145 e. The van der Waals surface area contributed by atoms with Crippen molar-refractivity contribution in [3.05, 3.63) is 5.69 Å². The SMILES string of the molecule is Cn1nnc(C2C3CC4CC(C3)CC2C4)c1N. The molecule has 0 saturated heterocycles. The zero-order chi connectivity index (χ0) is 11.6. The zero-order valence-corrected chi connectivity index (χ0v) is 10.3. The fourth-order valence-electron chi connectivity index (χ4n) is 4.99. The van der Waals surface area contributed by atoms with Gasteiger partial charge in [0.1, 0.15) is 11.5 Å². The summed E-state index contributed by atoms with van der Waals surface area (Å²) >= 11 is 0. The van der Waals surface area contributed by atoms with Crippen LogP contribution in [0.25, 0.3) is 0 Å². The van der Waals surface area contributed by atoms with Crippen LogP contribution in [-0.4, -0.2) is 15.0 Å². The van der Waals surface area contributed by atoms with E-state index >= 15 is 0 Å². The Labute approximate surface area is 102 Å². The normalized spacial score (nSPS) is 43.2.